The quantitative estimate of drug-likeness (QED) is 0.856. The Labute approximate surface area is 136 Å². The molecule has 2 rings (SSSR count). The molecule has 0 amide bonds. The second kappa shape index (κ2) is 6.97. The largest absolute Gasteiger partial charge is 0.491 e. The zero-order valence-electron chi connectivity index (χ0n) is 13.6. The number of benzene rings is 1. The highest BCUT2D eigenvalue weighted by molar-refractivity contribution is 5.71. The van der Waals surface area contributed by atoms with Crippen LogP contribution in [0.2, 0.25) is 0 Å². The molecule has 23 heavy (non-hydrogen) atoms. The number of nitrogens with one attached hydrogen (secondary N) is 1. The van der Waals surface area contributed by atoms with Crippen LogP contribution in [0.15, 0.2) is 41.7 Å². The van der Waals surface area contributed by atoms with Crippen LogP contribution in [0.1, 0.15) is 30.7 Å². The number of hydrogen-bond acceptors (Lipinski definition) is 3. The Bertz CT molecular complexity index is 826. The SMILES string of the molecule is C=CCc1cc(-c2cc(C)[nH]c(=O)c2C#N)ccc1OC(C)C. The molecule has 0 bridgehead atoms. The van der Waals surface area contributed by atoms with E-state index in [1.54, 1.807) is 13.0 Å². The molecule has 0 radical (unpaired) electrons. The molecule has 0 atom stereocenters. The molecule has 1 heterocycles. The number of rotatable bonds is 5. The molecule has 0 spiro atoms. The Hall–Kier alpha value is -2.80. The second-order valence-corrected chi connectivity index (χ2v) is 5.66. The van der Waals surface area contributed by atoms with E-state index in [0.717, 1.165) is 22.6 Å². The summed E-state index contributed by atoms with van der Waals surface area (Å²) in [5.41, 5.74) is 2.91. The van der Waals surface area contributed by atoms with Gasteiger partial charge < -0.3 is 9.72 Å². The molecule has 0 aliphatic rings. The van der Waals surface area contributed by atoms with Gasteiger partial charge in [-0.05, 0) is 56.5 Å². The fourth-order valence-corrected chi connectivity index (χ4v) is 2.46. The van der Waals surface area contributed by atoms with Gasteiger partial charge in [0.25, 0.3) is 5.56 Å². The third-order valence-corrected chi connectivity index (χ3v) is 3.38. The Balaban J connectivity index is 2.62. The van der Waals surface area contributed by atoms with Crippen LogP contribution in [0, 0.1) is 18.3 Å². The second-order valence-electron chi connectivity index (χ2n) is 5.66. The van der Waals surface area contributed by atoms with Crippen molar-refractivity contribution in [1.82, 2.24) is 4.98 Å². The molecule has 2 aromatic rings. The molecule has 118 valence electrons. The van der Waals surface area contributed by atoms with Crippen LogP contribution in [0.25, 0.3) is 11.1 Å². The van der Waals surface area contributed by atoms with Gasteiger partial charge in [-0.25, -0.2) is 0 Å². The van der Waals surface area contributed by atoms with Crippen LogP contribution in [-0.4, -0.2) is 11.1 Å². The van der Waals surface area contributed by atoms with E-state index in [1.807, 2.05) is 44.2 Å². The summed E-state index contributed by atoms with van der Waals surface area (Å²) in [4.78, 5) is 14.6. The topological polar surface area (TPSA) is 65.9 Å². The summed E-state index contributed by atoms with van der Waals surface area (Å²) >= 11 is 0. The molecule has 0 saturated heterocycles. The summed E-state index contributed by atoms with van der Waals surface area (Å²) in [5, 5.41) is 9.29. The summed E-state index contributed by atoms with van der Waals surface area (Å²) in [6.45, 7) is 9.52. The van der Waals surface area contributed by atoms with Crippen molar-refractivity contribution in [2.75, 3.05) is 0 Å². The van der Waals surface area contributed by atoms with E-state index in [2.05, 4.69) is 11.6 Å². The minimum atomic E-state index is -0.365. The van der Waals surface area contributed by atoms with Crippen molar-refractivity contribution >= 4 is 0 Å². The number of hydrogen-bond donors (Lipinski definition) is 1. The van der Waals surface area contributed by atoms with Gasteiger partial charge in [-0.3, -0.25) is 4.79 Å². The lowest BCUT2D eigenvalue weighted by Gasteiger charge is -2.15. The van der Waals surface area contributed by atoms with Crippen LogP contribution in [0.5, 0.6) is 5.75 Å². The van der Waals surface area contributed by atoms with Gasteiger partial charge in [-0.2, -0.15) is 5.26 Å². The fourth-order valence-electron chi connectivity index (χ4n) is 2.46. The number of ether oxygens (including phenoxy) is 1. The van der Waals surface area contributed by atoms with E-state index in [9.17, 15) is 10.1 Å². The van der Waals surface area contributed by atoms with Gasteiger partial charge in [-0.15, -0.1) is 6.58 Å². The first-order valence-corrected chi connectivity index (χ1v) is 7.51. The third kappa shape index (κ3) is 3.70. The van der Waals surface area contributed by atoms with E-state index >= 15 is 0 Å². The minimum Gasteiger partial charge on any atom is -0.491 e. The molecular weight excluding hydrogens is 288 g/mol. The smallest absolute Gasteiger partial charge is 0.266 e. The predicted octanol–water partition coefficient (Wildman–Crippen LogP) is 3.74. The minimum absolute atomic E-state index is 0.0703. The predicted molar refractivity (Wildman–Crippen MR) is 91.6 cm³/mol. The van der Waals surface area contributed by atoms with Gasteiger partial charge in [0, 0.05) is 11.3 Å². The number of pyridine rings is 1. The molecule has 0 fully saturated rings. The van der Waals surface area contributed by atoms with Crippen LogP contribution in [-0.2, 0) is 6.42 Å². The summed E-state index contributed by atoms with van der Waals surface area (Å²) in [5.74, 6) is 0.795. The Morgan fingerprint density at radius 3 is 2.74 bits per heavy atom. The molecular formula is C19H20N2O2. The van der Waals surface area contributed by atoms with Crippen molar-refractivity contribution in [3.63, 3.8) is 0 Å². The summed E-state index contributed by atoms with van der Waals surface area (Å²) in [7, 11) is 0. The molecule has 0 saturated carbocycles. The number of aryl methyl sites for hydroxylation is 1. The molecule has 1 aromatic carbocycles. The first-order chi connectivity index (χ1) is 11.0. The number of nitrogens with zero attached hydrogens (tertiary/aromatic N) is 1. The van der Waals surface area contributed by atoms with Crippen LogP contribution in [0.4, 0.5) is 0 Å². The zero-order valence-corrected chi connectivity index (χ0v) is 13.6. The van der Waals surface area contributed by atoms with Gasteiger partial charge in [0.05, 0.1) is 6.10 Å². The highest BCUT2D eigenvalue weighted by Crippen LogP contribution is 2.29. The standard InChI is InChI=1S/C19H20N2O2/c1-5-6-15-10-14(7-8-18(15)23-12(2)3)16-9-13(4)21-19(22)17(16)11-20/h5,7-10,12H,1,6H2,2-4H3,(H,21,22). The van der Waals surface area contributed by atoms with E-state index in [0.29, 0.717) is 12.0 Å². The van der Waals surface area contributed by atoms with Crippen molar-refractivity contribution in [2.45, 2.75) is 33.3 Å². The summed E-state index contributed by atoms with van der Waals surface area (Å²) in [6.07, 6.45) is 2.53. The summed E-state index contributed by atoms with van der Waals surface area (Å²) < 4.78 is 5.81. The highest BCUT2D eigenvalue weighted by Gasteiger charge is 2.13. The van der Waals surface area contributed by atoms with Gasteiger partial charge in [0.15, 0.2) is 0 Å². The zero-order chi connectivity index (χ0) is 17.0. The van der Waals surface area contributed by atoms with E-state index in [-0.39, 0.29) is 17.2 Å². The number of aromatic amines is 1. The molecule has 0 aliphatic heterocycles. The van der Waals surface area contributed by atoms with E-state index in [4.69, 9.17) is 4.74 Å². The first kappa shape index (κ1) is 16.6. The van der Waals surface area contributed by atoms with Crippen molar-refractivity contribution < 1.29 is 4.74 Å². The normalized spacial score (nSPS) is 10.4. The average molecular weight is 308 g/mol. The van der Waals surface area contributed by atoms with Gasteiger partial charge in [-0.1, -0.05) is 12.1 Å². The number of H-pyrrole nitrogens is 1. The lowest BCUT2D eigenvalue weighted by Crippen LogP contribution is -2.13. The molecule has 4 nitrogen and oxygen atoms in total. The van der Waals surface area contributed by atoms with Crippen molar-refractivity contribution in [1.29, 1.82) is 5.26 Å². The van der Waals surface area contributed by atoms with Gasteiger partial charge >= 0.3 is 0 Å². The van der Waals surface area contributed by atoms with Crippen LogP contribution in [0.3, 0.4) is 0 Å². The maximum atomic E-state index is 12.0. The van der Waals surface area contributed by atoms with E-state index in [1.165, 1.54) is 0 Å². The first-order valence-electron chi connectivity index (χ1n) is 7.51. The number of aromatic nitrogens is 1. The Morgan fingerprint density at radius 1 is 1.39 bits per heavy atom. The van der Waals surface area contributed by atoms with Crippen molar-refractivity contribution in [2.24, 2.45) is 0 Å². The third-order valence-electron chi connectivity index (χ3n) is 3.38. The summed E-state index contributed by atoms with van der Waals surface area (Å²) in [6, 6.07) is 9.52. The molecule has 0 unspecified atom stereocenters. The fraction of sp³-hybridized carbons (Fsp3) is 0.263. The molecule has 0 aliphatic carbocycles. The van der Waals surface area contributed by atoms with Crippen LogP contribution < -0.4 is 10.3 Å². The number of allylic oxidation sites excluding steroid dienone is 1. The van der Waals surface area contributed by atoms with Crippen molar-refractivity contribution in [3.05, 3.63) is 64.1 Å². The molecule has 4 heteroatoms. The molecule has 1 aromatic heterocycles. The number of nitriles is 1. The lowest BCUT2D eigenvalue weighted by atomic mass is 9.97. The Kier molecular flexibility index (Phi) is 5.02. The van der Waals surface area contributed by atoms with Crippen molar-refractivity contribution in [3.8, 4) is 22.9 Å². The van der Waals surface area contributed by atoms with E-state index < -0.39 is 0 Å². The van der Waals surface area contributed by atoms with Crippen LogP contribution >= 0.6 is 0 Å². The average Bonchev–Trinajstić information content (AvgIpc) is 2.48. The molecule has 1 N–H and O–H groups in total. The maximum Gasteiger partial charge on any atom is 0.266 e. The Morgan fingerprint density at radius 2 is 2.13 bits per heavy atom. The lowest BCUT2D eigenvalue weighted by molar-refractivity contribution is 0.240. The maximum absolute atomic E-state index is 12.0. The van der Waals surface area contributed by atoms with Gasteiger partial charge in [0.1, 0.15) is 17.4 Å². The monoisotopic (exact) mass is 308 g/mol. The highest BCUT2D eigenvalue weighted by atomic mass is 16.5. The van der Waals surface area contributed by atoms with Gasteiger partial charge in [0.2, 0.25) is 0 Å².